The van der Waals surface area contributed by atoms with Gasteiger partial charge in [-0.05, 0) is 50.6 Å². The maximum Gasteiger partial charge on any atom is 0.313 e. The lowest BCUT2D eigenvalue weighted by Gasteiger charge is -2.50. The SMILES string of the molecule is CCOC(=O)[C@@]12CC[C@@H](O)C[C@@H]1CCN(Cc1ccccc1)C2. The van der Waals surface area contributed by atoms with Crippen LogP contribution in [0.2, 0.25) is 0 Å². The Balaban J connectivity index is 1.77. The zero-order valence-electron chi connectivity index (χ0n) is 13.9. The number of piperidine rings is 1. The molecule has 0 bridgehead atoms. The summed E-state index contributed by atoms with van der Waals surface area (Å²) in [4.78, 5) is 15.1. The van der Waals surface area contributed by atoms with Crippen LogP contribution < -0.4 is 0 Å². The smallest absolute Gasteiger partial charge is 0.313 e. The van der Waals surface area contributed by atoms with Gasteiger partial charge in [0.15, 0.2) is 0 Å². The third-order valence-electron chi connectivity index (χ3n) is 5.49. The average Bonchev–Trinajstić information content (AvgIpc) is 2.56. The molecule has 3 atom stereocenters. The Hall–Kier alpha value is -1.39. The van der Waals surface area contributed by atoms with Gasteiger partial charge in [-0.25, -0.2) is 0 Å². The van der Waals surface area contributed by atoms with E-state index in [0.29, 0.717) is 13.0 Å². The minimum Gasteiger partial charge on any atom is -0.466 e. The molecule has 0 amide bonds. The number of rotatable bonds is 4. The number of carbonyl (C=O) groups is 1. The fraction of sp³-hybridized carbons (Fsp3) is 0.632. The van der Waals surface area contributed by atoms with Gasteiger partial charge in [0.25, 0.3) is 0 Å². The lowest BCUT2D eigenvalue weighted by Crippen LogP contribution is -2.56. The number of aliphatic hydroxyl groups excluding tert-OH is 1. The second kappa shape index (κ2) is 7.02. The van der Waals surface area contributed by atoms with Crippen molar-refractivity contribution in [1.82, 2.24) is 4.90 Å². The predicted molar refractivity (Wildman–Crippen MR) is 88.7 cm³/mol. The Labute approximate surface area is 138 Å². The summed E-state index contributed by atoms with van der Waals surface area (Å²) in [5, 5.41) is 10.0. The third-order valence-corrected chi connectivity index (χ3v) is 5.49. The van der Waals surface area contributed by atoms with Crippen LogP contribution in [0, 0.1) is 11.3 Å². The molecule has 2 aliphatic rings. The van der Waals surface area contributed by atoms with Crippen molar-refractivity contribution in [3.05, 3.63) is 35.9 Å². The third kappa shape index (κ3) is 3.43. The van der Waals surface area contributed by atoms with Gasteiger partial charge in [0.1, 0.15) is 0 Å². The zero-order valence-corrected chi connectivity index (χ0v) is 13.9. The van der Waals surface area contributed by atoms with E-state index in [1.807, 2.05) is 13.0 Å². The van der Waals surface area contributed by atoms with E-state index < -0.39 is 5.41 Å². The van der Waals surface area contributed by atoms with Crippen molar-refractivity contribution in [2.24, 2.45) is 11.3 Å². The lowest BCUT2D eigenvalue weighted by molar-refractivity contribution is -0.170. The van der Waals surface area contributed by atoms with Gasteiger partial charge >= 0.3 is 5.97 Å². The first-order valence-corrected chi connectivity index (χ1v) is 8.75. The number of fused-ring (bicyclic) bond motifs is 1. The molecule has 1 heterocycles. The van der Waals surface area contributed by atoms with E-state index in [1.54, 1.807) is 0 Å². The molecule has 1 aromatic rings. The van der Waals surface area contributed by atoms with Crippen molar-refractivity contribution in [1.29, 1.82) is 0 Å². The number of nitrogens with zero attached hydrogens (tertiary/aromatic N) is 1. The van der Waals surface area contributed by atoms with Crippen LogP contribution >= 0.6 is 0 Å². The molecular formula is C19H27NO3. The lowest BCUT2D eigenvalue weighted by atomic mass is 9.62. The summed E-state index contributed by atoms with van der Waals surface area (Å²) in [6.45, 7) is 4.89. The van der Waals surface area contributed by atoms with E-state index in [-0.39, 0.29) is 18.0 Å². The van der Waals surface area contributed by atoms with Crippen molar-refractivity contribution >= 4 is 5.97 Å². The fourth-order valence-corrected chi connectivity index (χ4v) is 4.30. The molecule has 1 saturated heterocycles. The summed E-state index contributed by atoms with van der Waals surface area (Å²) in [5.41, 5.74) is 0.850. The molecule has 4 heteroatoms. The molecule has 1 aliphatic carbocycles. The van der Waals surface area contributed by atoms with Gasteiger partial charge < -0.3 is 9.84 Å². The molecule has 1 saturated carbocycles. The van der Waals surface area contributed by atoms with E-state index >= 15 is 0 Å². The standard InChI is InChI=1S/C19H27NO3/c1-2-23-18(22)19-10-8-17(21)12-16(19)9-11-20(14-19)13-15-6-4-3-5-7-15/h3-7,16-17,21H,2,8-14H2,1H3/t16-,17+,19+/m0/s1. The second-order valence-electron chi connectivity index (χ2n) is 6.99. The minimum absolute atomic E-state index is 0.0605. The minimum atomic E-state index is -0.428. The predicted octanol–water partition coefficient (Wildman–Crippen LogP) is 2.60. The zero-order chi connectivity index (χ0) is 16.3. The molecule has 1 aliphatic heterocycles. The number of likely N-dealkylation sites (tertiary alicyclic amines) is 1. The van der Waals surface area contributed by atoms with Crippen molar-refractivity contribution < 1.29 is 14.6 Å². The highest BCUT2D eigenvalue weighted by Gasteiger charge is 2.52. The van der Waals surface area contributed by atoms with Crippen LogP contribution in [0.25, 0.3) is 0 Å². The number of aliphatic hydroxyl groups is 1. The molecule has 2 fully saturated rings. The van der Waals surface area contributed by atoms with Crippen LogP contribution in [-0.2, 0) is 16.1 Å². The van der Waals surface area contributed by atoms with Gasteiger partial charge in [-0.15, -0.1) is 0 Å². The monoisotopic (exact) mass is 317 g/mol. The quantitative estimate of drug-likeness (QED) is 0.867. The van der Waals surface area contributed by atoms with Crippen LogP contribution in [0.4, 0.5) is 0 Å². The highest BCUT2D eigenvalue weighted by atomic mass is 16.5. The first-order valence-electron chi connectivity index (χ1n) is 8.75. The highest BCUT2D eigenvalue weighted by molar-refractivity contribution is 5.78. The van der Waals surface area contributed by atoms with Crippen LogP contribution in [0.3, 0.4) is 0 Å². The summed E-state index contributed by atoms with van der Waals surface area (Å²) in [5.74, 6) is 0.187. The summed E-state index contributed by atoms with van der Waals surface area (Å²) in [6.07, 6.45) is 2.88. The topological polar surface area (TPSA) is 49.8 Å². The molecule has 0 spiro atoms. The summed E-state index contributed by atoms with van der Waals surface area (Å²) in [6, 6.07) is 10.4. The number of carbonyl (C=O) groups excluding carboxylic acids is 1. The molecule has 0 radical (unpaired) electrons. The fourth-order valence-electron chi connectivity index (χ4n) is 4.30. The van der Waals surface area contributed by atoms with Crippen LogP contribution in [0.15, 0.2) is 30.3 Å². The highest BCUT2D eigenvalue weighted by Crippen LogP contribution is 2.47. The number of hydrogen-bond acceptors (Lipinski definition) is 4. The summed E-state index contributed by atoms with van der Waals surface area (Å²) < 4.78 is 5.43. The molecule has 1 N–H and O–H groups in total. The van der Waals surface area contributed by atoms with Crippen molar-refractivity contribution in [3.63, 3.8) is 0 Å². The van der Waals surface area contributed by atoms with Gasteiger partial charge in [-0.1, -0.05) is 30.3 Å². The van der Waals surface area contributed by atoms with E-state index in [9.17, 15) is 9.90 Å². The van der Waals surface area contributed by atoms with Gasteiger partial charge in [0, 0.05) is 13.1 Å². The molecule has 3 rings (SSSR count). The first kappa shape index (κ1) is 16.5. The van der Waals surface area contributed by atoms with Crippen molar-refractivity contribution in [2.45, 2.75) is 45.3 Å². The van der Waals surface area contributed by atoms with Gasteiger partial charge in [-0.3, -0.25) is 9.69 Å². The van der Waals surface area contributed by atoms with E-state index in [4.69, 9.17) is 4.74 Å². The number of hydrogen-bond donors (Lipinski definition) is 1. The molecule has 4 nitrogen and oxygen atoms in total. The number of esters is 1. The second-order valence-corrected chi connectivity index (χ2v) is 6.99. The average molecular weight is 317 g/mol. The van der Waals surface area contributed by atoms with Crippen LogP contribution in [0.5, 0.6) is 0 Å². The van der Waals surface area contributed by atoms with E-state index in [0.717, 1.165) is 38.9 Å². The molecular weight excluding hydrogens is 290 g/mol. The molecule has 0 aromatic heterocycles. The molecule has 126 valence electrons. The molecule has 23 heavy (non-hydrogen) atoms. The van der Waals surface area contributed by atoms with Gasteiger partial charge in [0.05, 0.1) is 18.1 Å². The van der Waals surface area contributed by atoms with Crippen LogP contribution in [0.1, 0.15) is 38.2 Å². The number of benzene rings is 1. The maximum atomic E-state index is 12.7. The summed E-state index contributed by atoms with van der Waals surface area (Å²) in [7, 11) is 0. The van der Waals surface area contributed by atoms with Crippen LogP contribution in [-0.4, -0.2) is 41.8 Å². The van der Waals surface area contributed by atoms with Gasteiger partial charge in [0.2, 0.25) is 0 Å². The summed E-state index contributed by atoms with van der Waals surface area (Å²) >= 11 is 0. The Morgan fingerprint density at radius 3 is 2.87 bits per heavy atom. The Morgan fingerprint density at radius 2 is 2.13 bits per heavy atom. The van der Waals surface area contributed by atoms with E-state index in [2.05, 4.69) is 29.2 Å². The Morgan fingerprint density at radius 1 is 1.35 bits per heavy atom. The van der Waals surface area contributed by atoms with Crippen molar-refractivity contribution in [2.75, 3.05) is 19.7 Å². The van der Waals surface area contributed by atoms with Crippen molar-refractivity contribution in [3.8, 4) is 0 Å². The largest absolute Gasteiger partial charge is 0.466 e. The first-order chi connectivity index (χ1) is 11.1. The Bertz CT molecular complexity index is 533. The normalized spacial score (nSPS) is 31.4. The molecule has 1 aromatic carbocycles. The maximum absolute atomic E-state index is 12.7. The number of ether oxygens (including phenoxy) is 1. The molecule has 0 unspecified atom stereocenters. The Kier molecular flexibility index (Phi) is 5.02. The van der Waals surface area contributed by atoms with E-state index in [1.165, 1.54) is 5.56 Å². The van der Waals surface area contributed by atoms with Gasteiger partial charge in [-0.2, -0.15) is 0 Å².